The minimum absolute atomic E-state index is 0.0361. The summed E-state index contributed by atoms with van der Waals surface area (Å²) in [5.74, 6) is -0.388. The zero-order chi connectivity index (χ0) is 11.6. The zero-order valence-corrected chi connectivity index (χ0v) is 8.45. The first kappa shape index (κ1) is 11.3. The number of aldehydes is 1. The Kier molecular flexibility index (Phi) is 3.16. The van der Waals surface area contributed by atoms with Gasteiger partial charge in [-0.1, -0.05) is 11.6 Å². The smallest absolute Gasteiger partial charge is 0.298 e. The molecular formula is C9H6ClNO4. The van der Waals surface area contributed by atoms with Crippen molar-refractivity contribution in [3.8, 4) is 0 Å². The number of nitro benzene ring substituents is 1. The van der Waals surface area contributed by atoms with Gasteiger partial charge >= 0.3 is 0 Å². The molecule has 0 unspecified atom stereocenters. The van der Waals surface area contributed by atoms with Gasteiger partial charge in [0, 0.05) is 5.56 Å². The van der Waals surface area contributed by atoms with Crippen LogP contribution in [0.2, 0.25) is 5.02 Å². The Bertz CT molecular complexity index is 456. The number of nitrogens with zero attached hydrogens (tertiary/aromatic N) is 1. The Balaban J connectivity index is 3.56. The van der Waals surface area contributed by atoms with Gasteiger partial charge in [-0.25, -0.2) is 0 Å². The second kappa shape index (κ2) is 4.18. The van der Waals surface area contributed by atoms with Crippen LogP contribution in [0.4, 0.5) is 5.69 Å². The Morgan fingerprint density at radius 3 is 2.53 bits per heavy atom. The lowest BCUT2D eigenvalue weighted by molar-refractivity contribution is -0.384. The summed E-state index contributed by atoms with van der Waals surface area (Å²) in [6.45, 7) is 1.24. The lowest BCUT2D eigenvalue weighted by Crippen LogP contribution is -2.01. The van der Waals surface area contributed by atoms with Gasteiger partial charge in [0.2, 0.25) is 0 Å². The molecule has 0 aliphatic carbocycles. The Morgan fingerprint density at radius 2 is 2.13 bits per heavy atom. The van der Waals surface area contributed by atoms with Crippen molar-refractivity contribution in [2.75, 3.05) is 0 Å². The molecule has 6 heteroatoms. The van der Waals surface area contributed by atoms with Crippen molar-refractivity contribution in [3.63, 3.8) is 0 Å². The molecule has 5 nitrogen and oxygen atoms in total. The number of Topliss-reactive ketones (excluding diaryl/α,β-unsaturated/α-hetero) is 1. The number of ketones is 1. The number of benzene rings is 1. The van der Waals surface area contributed by atoms with Gasteiger partial charge in [-0.2, -0.15) is 0 Å². The van der Waals surface area contributed by atoms with Gasteiger partial charge in [-0.15, -0.1) is 0 Å². The lowest BCUT2D eigenvalue weighted by atomic mass is 10.1. The Labute approximate surface area is 89.8 Å². The third-order valence-electron chi connectivity index (χ3n) is 1.84. The predicted molar refractivity (Wildman–Crippen MR) is 53.5 cm³/mol. The molecule has 0 spiro atoms. The van der Waals surface area contributed by atoms with Crippen molar-refractivity contribution < 1.29 is 14.5 Å². The maximum atomic E-state index is 11.0. The Morgan fingerprint density at radius 1 is 1.53 bits per heavy atom. The molecule has 0 fully saturated rings. The molecule has 0 bridgehead atoms. The summed E-state index contributed by atoms with van der Waals surface area (Å²) in [7, 11) is 0. The molecule has 1 aromatic rings. The van der Waals surface area contributed by atoms with E-state index in [1.807, 2.05) is 0 Å². The summed E-state index contributed by atoms with van der Waals surface area (Å²) in [6.07, 6.45) is 0.327. The second-order valence-electron chi connectivity index (χ2n) is 2.80. The van der Waals surface area contributed by atoms with Gasteiger partial charge in [-0.05, 0) is 19.1 Å². The molecule has 0 amide bonds. The summed E-state index contributed by atoms with van der Waals surface area (Å²) in [6, 6.07) is 2.50. The highest BCUT2D eigenvalue weighted by atomic mass is 35.5. The van der Waals surface area contributed by atoms with E-state index in [0.29, 0.717) is 6.29 Å². The summed E-state index contributed by atoms with van der Waals surface area (Å²) in [4.78, 5) is 31.4. The average molecular weight is 228 g/mol. The monoisotopic (exact) mass is 227 g/mol. The van der Waals surface area contributed by atoms with E-state index in [2.05, 4.69) is 0 Å². The highest BCUT2D eigenvalue weighted by molar-refractivity contribution is 6.36. The first-order chi connectivity index (χ1) is 6.99. The van der Waals surface area contributed by atoms with E-state index in [9.17, 15) is 19.7 Å². The summed E-state index contributed by atoms with van der Waals surface area (Å²) in [5, 5.41) is 10.3. The van der Waals surface area contributed by atoms with Gasteiger partial charge in [-0.3, -0.25) is 19.7 Å². The average Bonchev–Trinajstić information content (AvgIpc) is 2.15. The molecule has 1 aromatic carbocycles. The van der Waals surface area contributed by atoms with Crippen LogP contribution in [0.15, 0.2) is 12.1 Å². The third kappa shape index (κ3) is 2.02. The van der Waals surface area contributed by atoms with Crippen LogP contribution in [0.5, 0.6) is 0 Å². The first-order valence-corrected chi connectivity index (χ1v) is 4.29. The van der Waals surface area contributed by atoms with Crippen LogP contribution in [0.3, 0.4) is 0 Å². The fourth-order valence-corrected chi connectivity index (χ4v) is 1.51. The second-order valence-corrected chi connectivity index (χ2v) is 3.17. The molecule has 0 N–H and O–H groups in total. The molecule has 15 heavy (non-hydrogen) atoms. The van der Waals surface area contributed by atoms with E-state index in [0.717, 1.165) is 0 Å². The van der Waals surface area contributed by atoms with Crippen molar-refractivity contribution in [3.05, 3.63) is 38.4 Å². The third-order valence-corrected chi connectivity index (χ3v) is 2.22. The van der Waals surface area contributed by atoms with Crippen molar-refractivity contribution >= 4 is 29.4 Å². The minimum Gasteiger partial charge on any atom is -0.298 e. The molecule has 78 valence electrons. The zero-order valence-electron chi connectivity index (χ0n) is 7.69. The molecular weight excluding hydrogens is 222 g/mol. The van der Waals surface area contributed by atoms with Crippen LogP contribution in [-0.4, -0.2) is 17.0 Å². The normalized spacial score (nSPS) is 9.73. The number of carbonyl (C=O) groups excluding carboxylic acids is 2. The molecule has 0 saturated heterocycles. The molecule has 0 aromatic heterocycles. The van der Waals surface area contributed by atoms with E-state index in [1.165, 1.54) is 19.1 Å². The SMILES string of the molecule is CC(=O)c1ccc(C=O)c([N+](=O)[O-])c1Cl. The van der Waals surface area contributed by atoms with Gasteiger partial charge in [0.05, 0.1) is 10.5 Å². The van der Waals surface area contributed by atoms with Gasteiger partial charge in [0.25, 0.3) is 5.69 Å². The van der Waals surface area contributed by atoms with Crippen LogP contribution in [0.25, 0.3) is 0 Å². The molecule has 0 atom stereocenters. The minimum atomic E-state index is -0.779. The number of rotatable bonds is 3. The molecule has 0 radical (unpaired) electrons. The van der Waals surface area contributed by atoms with Gasteiger partial charge < -0.3 is 0 Å². The maximum absolute atomic E-state index is 11.0. The van der Waals surface area contributed by atoms with Gasteiger partial charge in [0.15, 0.2) is 12.1 Å². The first-order valence-electron chi connectivity index (χ1n) is 3.92. The van der Waals surface area contributed by atoms with Crippen LogP contribution < -0.4 is 0 Å². The molecule has 0 aliphatic heterocycles. The fourth-order valence-electron chi connectivity index (χ4n) is 1.13. The molecule has 0 aliphatic rings. The van der Waals surface area contributed by atoms with Crippen LogP contribution in [0.1, 0.15) is 27.6 Å². The summed E-state index contributed by atoms with van der Waals surface area (Å²) >= 11 is 5.66. The predicted octanol–water partition coefficient (Wildman–Crippen LogP) is 2.26. The number of hydrogen-bond donors (Lipinski definition) is 0. The van der Waals surface area contributed by atoms with E-state index < -0.39 is 10.6 Å². The number of nitro groups is 1. The van der Waals surface area contributed by atoms with Crippen molar-refractivity contribution in [2.45, 2.75) is 6.92 Å². The van der Waals surface area contributed by atoms with E-state index in [-0.39, 0.29) is 21.9 Å². The van der Waals surface area contributed by atoms with Crippen molar-refractivity contribution in [1.82, 2.24) is 0 Å². The topological polar surface area (TPSA) is 77.3 Å². The van der Waals surface area contributed by atoms with E-state index in [4.69, 9.17) is 11.6 Å². The Hall–Kier alpha value is -1.75. The van der Waals surface area contributed by atoms with Crippen molar-refractivity contribution in [1.29, 1.82) is 0 Å². The van der Waals surface area contributed by atoms with E-state index in [1.54, 1.807) is 0 Å². The van der Waals surface area contributed by atoms with Crippen molar-refractivity contribution in [2.24, 2.45) is 0 Å². The fraction of sp³-hybridized carbons (Fsp3) is 0.111. The largest absolute Gasteiger partial charge is 0.299 e. The summed E-state index contributed by atoms with van der Waals surface area (Å²) < 4.78 is 0. The standard InChI is InChI=1S/C9H6ClNO4/c1-5(13)7-3-2-6(4-12)9(8(7)10)11(14)15/h2-4H,1H3. The maximum Gasteiger partial charge on any atom is 0.299 e. The van der Waals surface area contributed by atoms with E-state index >= 15 is 0 Å². The number of carbonyl (C=O) groups is 2. The molecule has 1 rings (SSSR count). The van der Waals surface area contributed by atoms with Crippen LogP contribution in [-0.2, 0) is 0 Å². The highest BCUT2D eigenvalue weighted by Crippen LogP contribution is 2.31. The highest BCUT2D eigenvalue weighted by Gasteiger charge is 2.22. The number of halogens is 1. The molecule has 0 saturated carbocycles. The summed E-state index contributed by atoms with van der Waals surface area (Å²) in [5.41, 5.74) is -0.636. The number of hydrogen-bond acceptors (Lipinski definition) is 4. The lowest BCUT2D eigenvalue weighted by Gasteiger charge is -2.02. The quantitative estimate of drug-likeness (QED) is 0.343. The molecule has 0 heterocycles. The van der Waals surface area contributed by atoms with Crippen LogP contribution in [0, 0.1) is 10.1 Å². The van der Waals surface area contributed by atoms with Gasteiger partial charge in [0.1, 0.15) is 5.02 Å². The van der Waals surface area contributed by atoms with Crippen LogP contribution >= 0.6 is 11.6 Å².